The van der Waals surface area contributed by atoms with Crippen molar-refractivity contribution in [2.24, 2.45) is 0 Å². The van der Waals surface area contributed by atoms with Crippen molar-refractivity contribution < 1.29 is 4.57 Å². The van der Waals surface area contributed by atoms with Crippen LogP contribution in [0.3, 0.4) is 0 Å². The van der Waals surface area contributed by atoms with E-state index in [1.807, 2.05) is 48.0 Å². The Kier molecular flexibility index (Phi) is 5.05. The normalized spacial score (nSPS) is 18.5. The zero-order valence-corrected chi connectivity index (χ0v) is 17.8. The zero-order valence-electron chi connectivity index (χ0n) is 16.1. The third-order valence-electron chi connectivity index (χ3n) is 5.49. The molecule has 0 saturated heterocycles. The molecule has 3 aromatic rings. The van der Waals surface area contributed by atoms with E-state index in [4.69, 9.17) is 0 Å². The molecule has 0 bridgehead atoms. The standard InChI is InChI=1S/C25H22NOPS/c27-28(26-16-15-20-9-7-8-14-23(20)17-26)18-24(21-10-3-1-4-11-21)29-25(19-28)22-12-5-2-6-13-22/h1-14,18-19H,15-17H2. The van der Waals surface area contributed by atoms with Crippen molar-refractivity contribution in [1.82, 2.24) is 4.67 Å². The summed E-state index contributed by atoms with van der Waals surface area (Å²) in [6, 6.07) is 29.1. The summed E-state index contributed by atoms with van der Waals surface area (Å²) < 4.78 is 16.5. The fraction of sp³-hybridized carbons (Fsp3) is 0.120. The molecule has 2 aliphatic rings. The Labute approximate surface area is 176 Å². The van der Waals surface area contributed by atoms with E-state index in [2.05, 4.69) is 53.2 Å². The molecule has 0 atom stereocenters. The van der Waals surface area contributed by atoms with Crippen molar-refractivity contribution in [3.05, 3.63) is 119 Å². The van der Waals surface area contributed by atoms with E-state index < -0.39 is 7.29 Å². The molecule has 3 aromatic carbocycles. The zero-order chi connectivity index (χ0) is 19.7. The molecule has 0 unspecified atom stereocenters. The summed E-state index contributed by atoms with van der Waals surface area (Å²) in [5.74, 6) is 4.04. The van der Waals surface area contributed by atoms with Crippen molar-refractivity contribution in [3.63, 3.8) is 0 Å². The summed E-state index contributed by atoms with van der Waals surface area (Å²) >= 11 is 1.71. The molecule has 5 rings (SSSR count). The highest BCUT2D eigenvalue weighted by molar-refractivity contribution is 8.17. The van der Waals surface area contributed by atoms with Crippen LogP contribution >= 0.6 is 19.1 Å². The maximum atomic E-state index is 14.3. The van der Waals surface area contributed by atoms with Gasteiger partial charge in [0, 0.05) is 34.5 Å². The molecule has 0 aromatic heterocycles. The van der Waals surface area contributed by atoms with E-state index in [1.165, 1.54) is 11.1 Å². The van der Waals surface area contributed by atoms with Gasteiger partial charge in [0.2, 0.25) is 0 Å². The second-order valence-electron chi connectivity index (χ2n) is 7.40. The quantitative estimate of drug-likeness (QED) is 0.427. The van der Waals surface area contributed by atoms with Gasteiger partial charge in [-0.3, -0.25) is 4.57 Å². The minimum absolute atomic E-state index is 0.731. The van der Waals surface area contributed by atoms with Crippen LogP contribution in [0, 0.1) is 0 Å². The molecule has 0 aliphatic carbocycles. The highest BCUT2D eigenvalue weighted by atomic mass is 32.2. The van der Waals surface area contributed by atoms with Crippen LogP contribution in [0.15, 0.2) is 96.6 Å². The van der Waals surface area contributed by atoms with Gasteiger partial charge in [0.15, 0.2) is 7.29 Å². The van der Waals surface area contributed by atoms with Crippen molar-refractivity contribution >= 4 is 28.9 Å². The average molecular weight is 415 g/mol. The first-order valence-electron chi connectivity index (χ1n) is 9.87. The highest BCUT2D eigenvalue weighted by Gasteiger charge is 2.33. The van der Waals surface area contributed by atoms with Crippen molar-refractivity contribution in [3.8, 4) is 0 Å². The molecule has 2 heterocycles. The van der Waals surface area contributed by atoms with Gasteiger partial charge in [-0.25, -0.2) is 4.67 Å². The highest BCUT2D eigenvalue weighted by Crippen LogP contribution is 2.63. The van der Waals surface area contributed by atoms with Crippen LogP contribution in [-0.4, -0.2) is 11.2 Å². The lowest BCUT2D eigenvalue weighted by atomic mass is 10.0. The average Bonchev–Trinajstić information content (AvgIpc) is 2.79. The first-order chi connectivity index (χ1) is 14.2. The first kappa shape index (κ1) is 18.7. The summed E-state index contributed by atoms with van der Waals surface area (Å²) in [5.41, 5.74) is 4.91. The summed E-state index contributed by atoms with van der Waals surface area (Å²) in [5, 5.41) is 0. The van der Waals surface area contributed by atoms with Crippen molar-refractivity contribution in [1.29, 1.82) is 0 Å². The number of benzene rings is 3. The number of nitrogens with zero attached hydrogens (tertiary/aromatic N) is 1. The smallest absolute Gasteiger partial charge is 0.195 e. The van der Waals surface area contributed by atoms with Crippen LogP contribution in [0.5, 0.6) is 0 Å². The summed E-state index contributed by atoms with van der Waals surface area (Å²) in [6.45, 7) is 1.55. The molecule has 0 radical (unpaired) electrons. The first-order valence-corrected chi connectivity index (χ1v) is 12.5. The Morgan fingerprint density at radius 3 is 1.79 bits per heavy atom. The van der Waals surface area contributed by atoms with Gasteiger partial charge in [-0.2, -0.15) is 0 Å². The largest absolute Gasteiger partial charge is 0.297 e. The maximum absolute atomic E-state index is 14.3. The number of thioether (sulfide) groups is 1. The lowest BCUT2D eigenvalue weighted by molar-refractivity contribution is 0.400. The SMILES string of the molecule is O=P1(N2CCc3ccccc3C2)C=C(c2ccccc2)SC(c2ccccc2)=C1. The van der Waals surface area contributed by atoms with Crippen LogP contribution in [0.2, 0.25) is 0 Å². The monoisotopic (exact) mass is 415 g/mol. The summed E-state index contributed by atoms with van der Waals surface area (Å²) in [4.78, 5) is 2.16. The molecule has 0 amide bonds. The molecule has 4 heteroatoms. The molecule has 29 heavy (non-hydrogen) atoms. The van der Waals surface area contributed by atoms with Crippen molar-refractivity contribution in [2.45, 2.75) is 13.0 Å². The van der Waals surface area contributed by atoms with E-state index in [1.54, 1.807) is 11.8 Å². The topological polar surface area (TPSA) is 20.3 Å². The van der Waals surface area contributed by atoms with E-state index in [-0.39, 0.29) is 0 Å². The molecule has 2 aliphatic heterocycles. The van der Waals surface area contributed by atoms with Crippen LogP contribution in [0.4, 0.5) is 0 Å². The summed E-state index contributed by atoms with van der Waals surface area (Å²) in [7, 11) is -2.80. The predicted octanol–water partition coefficient (Wildman–Crippen LogP) is 7.07. The van der Waals surface area contributed by atoms with Gasteiger partial charge >= 0.3 is 0 Å². The molecule has 144 valence electrons. The van der Waals surface area contributed by atoms with Gasteiger partial charge in [-0.15, -0.1) is 0 Å². The van der Waals surface area contributed by atoms with Gasteiger partial charge in [-0.05, 0) is 28.7 Å². The van der Waals surface area contributed by atoms with Crippen LogP contribution in [-0.2, 0) is 17.5 Å². The molecular weight excluding hydrogens is 393 g/mol. The number of fused-ring (bicyclic) bond motifs is 1. The minimum atomic E-state index is -2.80. The van der Waals surface area contributed by atoms with Crippen LogP contribution < -0.4 is 0 Å². The molecular formula is C25H22NOPS. The molecule has 0 fully saturated rings. The fourth-order valence-corrected chi connectivity index (χ4v) is 8.16. The van der Waals surface area contributed by atoms with Gasteiger partial charge < -0.3 is 0 Å². The van der Waals surface area contributed by atoms with Crippen LogP contribution in [0.1, 0.15) is 22.3 Å². The second-order valence-corrected chi connectivity index (χ2v) is 10.9. The third kappa shape index (κ3) is 3.79. The molecule has 0 saturated carbocycles. The predicted molar refractivity (Wildman–Crippen MR) is 125 cm³/mol. The van der Waals surface area contributed by atoms with Crippen molar-refractivity contribution in [2.75, 3.05) is 6.54 Å². The minimum Gasteiger partial charge on any atom is -0.297 e. The lowest BCUT2D eigenvalue weighted by Gasteiger charge is -2.35. The number of rotatable bonds is 3. The second kappa shape index (κ2) is 7.84. The van der Waals surface area contributed by atoms with E-state index in [0.29, 0.717) is 0 Å². The van der Waals surface area contributed by atoms with E-state index in [0.717, 1.165) is 40.4 Å². The molecule has 0 N–H and O–H groups in total. The lowest BCUT2D eigenvalue weighted by Crippen LogP contribution is -2.27. The Hall–Kier alpha value is -2.32. The van der Waals surface area contributed by atoms with Gasteiger partial charge in [0.05, 0.1) is 0 Å². The Balaban J connectivity index is 1.58. The van der Waals surface area contributed by atoms with Gasteiger partial charge in [0.25, 0.3) is 0 Å². The Morgan fingerprint density at radius 2 is 1.21 bits per heavy atom. The number of hydrogen-bond donors (Lipinski definition) is 0. The number of hydrogen-bond acceptors (Lipinski definition) is 2. The Bertz CT molecular complexity index is 1080. The third-order valence-corrected chi connectivity index (χ3v) is 9.47. The Morgan fingerprint density at radius 1 is 0.690 bits per heavy atom. The van der Waals surface area contributed by atoms with Crippen LogP contribution in [0.25, 0.3) is 9.81 Å². The maximum Gasteiger partial charge on any atom is 0.195 e. The summed E-state index contributed by atoms with van der Waals surface area (Å²) in [6.07, 6.45) is 0.941. The molecule has 0 spiro atoms. The van der Waals surface area contributed by atoms with Gasteiger partial charge in [0.1, 0.15) is 0 Å². The fourth-order valence-electron chi connectivity index (χ4n) is 3.93. The van der Waals surface area contributed by atoms with E-state index >= 15 is 0 Å². The molecule has 2 nitrogen and oxygen atoms in total. The van der Waals surface area contributed by atoms with Gasteiger partial charge in [-0.1, -0.05) is 96.7 Å². The van der Waals surface area contributed by atoms with E-state index in [9.17, 15) is 4.57 Å².